The molecule has 396 valence electrons. The maximum absolute atomic E-state index is 13.9. The van der Waals surface area contributed by atoms with E-state index in [9.17, 15) is 9.59 Å². The van der Waals surface area contributed by atoms with Crippen molar-refractivity contribution >= 4 is 64.2 Å². The number of allylic oxidation sites excluding steroid dienone is 3. The Morgan fingerprint density at radius 3 is 2.07 bits per heavy atom. The highest BCUT2D eigenvalue weighted by molar-refractivity contribution is 6.16. The van der Waals surface area contributed by atoms with Crippen molar-refractivity contribution in [3.63, 3.8) is 0 Å². The Balaban J connectivity index is 0.785. The first-order valence-electron chi connectivity index (χ1n) is 27.8. The lowest BCUT2D eigenvalue weighted by molar-refractivity contribution is -0.144. The first-order valence-corrected chi connectivity index (χ1v) is 27.8. The molecule has 4 atom stereocenters. The summed E-state index contributed by atoms with van der Waals surface area (Å²) in [6, 6.07) is 27.4. The number of nitrogens with one attached hydrogen (secondary N) is 2. The second kappa shape index (κ2) is 24.3. The van der Waals surface area contributed by atoms with E-state index < -0.39 is 0 Å². The monoisotopic (exact) mass is 1020 g/mol. The predicted octanol–water partition coefficient (Wildman–Crippen LogP) is 10.9. The molecule has 3 aromatic carbocycles. The molecule has 0 radical (unpaired) electrons. The third kappa shape index (κ3) is 11.7. The Morgan fingerprint density at radius 1 is 0.763 bits per heavy atom. The van der Waals surface area contributed by atoms with E-state index in [1.165, 1.54) is 22.3 Å². The molecule has 2 aromatic heterocycles. The van der Waals surface area contributed by atoms with Crippen LogP contribution in [0.15, 0.2) is 107 Å². The third-order valence-corrected chi connectivity index (χ3v) is 16.1. The van der Waals surface area contributed by atoms with Crippen molar-refractivity contribution in [3.05, 3.63) is 157 Å². The lowest BCUT2D eigenvalue weighted by atomic mass is 9.81. The number of hydrogen-bond donors (Lipinski definition) is 2. The van der Waals surface area contributed by atoms with Crippen molar-refractivity contribution in [3.8, 4) is 11.5 Å². The highest BCUT2D eigenvalue weighted by Crippen LogP contribution is 2.40. The van der Waals surface area contributed by atoms with Crippen LogP contribution < -0.4 is 30.9 Å². The molecule has 1 aliphatic carbocycles. The van der Waals surface area contributed by atoms with Crippen LogP contribution in [0.5, 0.6) is 11.5 Å². The fourth-order valence-electron chi connectivity index (χ4n) is 11.7. The smallest absolute Gasteiger partial charge is 0.305 e. The number of aliphatic imine (C=N–C) groups is 2. The SMILES string of the molecule is C=Cc1c(C)c2[nH]c1=CC1=NC(=C(CC)C1C)/C=c1\[nH]c3c(c1C)C(=O)CC=3C1N=C(C=2)[C@@H](C)[C@@H]1CCC(=O)OCCCCCCCOc1ccc(/C(=C(\CC)c2ccccc2)c2ccc(OCCN(C)C)cc2)cc1. The quantitative estimate of drug-likeness (QED) is 0.0405. The minimum atomic E-state index is -0.250. The lowest BCUT2D eigenvalue weighted by Crippen LogP contribution is -2.27. The number of ether oxygens (including phenoxy) is 3. The van der Waals surface area contributed by atoms with Crippen LogP contribution in [0.25, 0.3) is 41.0 Å². The van der Waals surface area contributed by atoms with Gasteiger partial charge in [0.1, 0.15) is 18.1 Å². The van der Waals surface area contributed by atoms with Crippen LogP contribution in [-0.4, -0.2) is 84.5 Å². The summed E-state index contributed by atoms with van der Waals surface area (Å²) in [7, 11) is 4.10. The van der Waals surface area contributed by atoms with Gasteiger partial charge in [0.2, 0.25) is 0 Å². The molecule has 4 aliphatic rings. The summed E-state index contributed by atoms with van der Waals surface area (Å²) < 4.78 is 18.1. The number of unbranched alkanes of at least 4 members (excludes halogenated alkanes) is 4. The second-order valence-corrected chi connectivity index (χ2v) is 21.3. The summed E-state index contributed by atoms with van der Waals surface area (Å²) in [5.41, 5.74) is 15.1. The number of carbonyl (C=O) groups excluding carboxylic acids is 2. The molecule has 9 rings (SSSR count). The van der Waals surface area contributed by atoms with Crippen LogP contribution >= 0.6 is 0 Å². The van der Waals surface area contributed by atoms with Crippen molar-refractivity contribution in [1.82, 2.24) is 14.9 Å². The van der Waals surface area contributed by atoms with Crippen molar-refractivity contribution in [1.29, 1.82) is 0 Å². The molecule has 0 fully saturated rings. The van der Waals surface area contributed by atoms with E-state index in [-0.39, 0.29) is 35.5 Å². The Bertz CT molecular complexity index is 3350. The molecular weight excluding hydrogens is 943 g/mol. The van der Waals surface area contributed by atoms with Gasteiger partial charge in [-0.3, -0.25) is 19.6 Å². The number of aromatic nitrogens is 2. The highest BCUT2D eigenvalue weighted by Gasteiger charge is 2.41. The minimum absolute atomic E-state index is 0.0150. The number of benzene rings is 3. The van der Waals surface area contributed by atoms with Crippen LogP contribution in [0.1, 0.15) is 136 Å². The van der Waals surface area contributed by atoms with Crippen LogP contribution in [0.2, 0.25) is 0 Å². The number of esters is 1. The molecule has 10 nitrogen and oxygen atoms in total. The van der Waals surface area contributed by atoms with Crippen LogP contribution in [0.3, 0.4) is 0 Å². The van der Waals surface area contributed by atoms with Crippen molar-refractivity contribution in [2.24, 2.45) is 27.7 Å². The molecule has 5 heterocycles. The van der Waals surface area contributed by atoms with E-state index >= 15 is 0 Å². The topological polar surface area (TPSA) is 121 Å². The fraction of sp³-hybridized carbons (Fsp3) is 0.394. The van der Waals surface area contributed by atoms with Gasteiger partial charge in [0, 0.05) is 64.1 Å². The summed E-state index contributed by atoms with van der Waals surface area (Å²) in [6.45, 7) is 19.7. The first kappa shape index (κ1) is 53.8. The molecule has 2 N–H and O–H groups in total. The van der Waals surface area contributed by atoms with Gasteiger partial charge in [-0.15, -0.1) is 0 Å². The number of hydrogen-bond acceptors (Lipinski definition) is 8. The maximum atomic E-state index is 13.9. The number of aromatic amines is 2. The van der Waals surface area contributed by atoms with Gasteiger partial charge in [-0.1, -0.05) is 114 Å². The number of ketones is 1. The molecule has 5 aromatic rings. The number of H-pyrrole nitrogens is 2. The Kier molecular flexibility index (Phi) is 17.2. The number of fused-ring (bicyclic) bond motifs is 6. The van der Waals surface area contributed by atoms with Crippen LogP contribution in [0, 0.1) is 31.6 Å². The molecular formula is C66H77N5O5. The van der Waals surface area contributed by atoms with Gasteiger partial charge in [-0.05, 0) is 159 Å². The standard InChI is InChI=1S/C66H77N5O5/c1-10-50-41(4)55-38-57-43(6)53(65(69-57)54-37-61(72)63-44(7)58(70-66(54)63)40-60-51(11-2)42(5)56(68-60)39-59(50)67-55)31-32-62(73)76-35-20-15-13-14-19-34-74-48-27-23-46(24-28-48)64(52(12-3)45-21-17-16-18-22-45)47-25-29-49(30-26-47)75-36-33-71(8)9/h10,16-18,21-30,38-40,42-43,53,65,67,70H,1,11-15,19-20,31-37H2,2-9H3/b55-38?,58-40-,59-39?,64-52-/t42?,43-,53-,65?/m0/s1. The lowest BCUT2D eigenvalue weighted by Gasteiger charge is -2.22. The van der Waals surface area contributed by atoms with Crippen molar-refractivity contribution < 1.29 is 23.8 Å². The third-order valence-electron chi connectivity index (χ3n) is 16.1. The summed E-state index contributed by atoms with van der Waals surface area (Å²) in [6.07, 6.45) is 16.2. The molecule has 10 heteroatoms. The molecule has 3 aliphatic heterocycles. The van der Waals surface area contributed by atoms with Crippen molar-refractivity contribution in [2.75, 3.05) is 40.5 Å². The maximum Gasteiger partial charge on any atom is 0.305 e. The van der Waals surface area contributed by atoms with Crippen molar-refractivity contribution in [2.45, 2.75) is 112 Å². The number of rotatable bonds is 22. The van der Waals surface area contributed by atoms with E-state index in [0.29, 0.717) is 39.1 Å². The van der Waals surface area contributed by atoms with Crippen LogP contribution in [-0.2, 0) is 9.53 Å². The summed E-state index contributed by atoms with van der Waals surface area (Å²) in [5, 5.41) is 3.76. The van der Waals surface area contributed by atoms with E-state index in [2.05, 4.69) is 167 Å². The number of Topliss-reactive ketones (excluding diaryl/α,β-unsaturated/α-hetero) is 1. The Hall–Kier alpha value is -7.04. The summed E-state index contributed by atoms with van der Waals surface area (Å²) in [5.74, 6) is 1.88. The van der Waals surface area contributed by atoms with E-state index in [1.807, 2.05) is 13.0 Å². The van der Waals surface area contributed by atoms with E-state index in [1.54, 1.807) is 0 Å². The minimum Gasteiger partial charge on any atom is -0.494 e. The largest absolute Gasteiger partial charge is 0.494 e. The van der Waals surface area contributed by atoms with Gasteiger partial charge in [0.05, 0.1) is 36.0 Å². The zero-order chi connectivity index (χ0) is 53.5. The Labute approximate surface area is 449 Å². The number of carbonyl (C=O) groups is 2. The number of likely N-dealkylation sites (N-methyl/N-ethyl adjacent to an activating group) is 1. The highest BCUT2D eigenvalue weighted by atomic mass is 16.5. The Morgan fingerprint density at radius 2 is 1.41 bits per heavy atom. The molecule has 0 spiro atoms. The molecule has 76 heavy (non-hydrogen) atoms. The van der Waals surface area contributed by atoms with Gasteiger partial charge in [0.25, 0.3) is 0 Å². The zero-order valence-corrected chi connectivity index (χ0v) is 46.1. The predicted molar refractivity (Wildman–Crippen MR) is 312 cm³/mol. The summed E-state index contributed by atoms with van der Waals surface area (Å²) >= 11 is 0. The van der Waals surface area contributed by atoms with Gasteiger partial charge in [0.15, 0.2) is 5.78 Å². The number of nitrogens with zero attached hydrogens (tertiary/aromatic N) is 3. The fourth-order valence-corrected chi connectivity index (χ4v) is 11.7. The molecule has 0 amide bonds. The summed E-state index contributed by atoms with van der Waals surface area (Å²) in [4.78, 5) is 47.3. The van der Waals surface area contributed by atoms with Gasteiger partial charge >= 0.3 is 5.97 Å². The normalized spacial score (nSPS) is 19.4. The first-order chi connectivity index (χ1) is 36.9. The van der Waals surface area contributed by atoms with E-state index in [4.69, 9.17) is 24.2 Å². The van der Waals surface area contributed by atoms with Gasteiger partial charge < -0.3 is 29.1 Å². The average molecular weight is 1020 g/mol. The van der Waals surface area contributed by atoms with Crippen LogP contribution in [0.4, 0.5) is 0 Å². The van der Waals surface area contributed by atoms with Gasteiger partial charge in [-0.2, -0.15) is 0 Å². The second-order valence-electron chi connectivity index (χ2n) is 21.3. The van der Waals surface area contributed by atoms with E-state index in [0.717, 1.165) is 140 Å². The average Bonchev–Trinajstić information content (AvgIpc) is 4.19. The molecule has 8 bridgehead atoms. The van der Waals surface area contributed by atoms with Gasteiger partial charge in [-0.25, -0.2) is 0 Å². The molecule has 0 saturated heterocycles. The zero-order valence-electron chi connectivity index (χ0n) is 46.1. The molecule has 2 unspecified atom stereocenters. The molecule has 0 saturated carbocycles.